The van der Waals surface area contributed by atoms with Gasteiger partial charge in [-0.1, -0.05) is 28.1 Å². The average molecular weight is 420 g/mol. The maximum Gasteiger partial charge on any atom is 0.312 e. The van der Waals surface area contributed by atoms with Crippen LogP contribution in [0.25, 0.3) is 0 Å². The minimum absolute atomic E-state index is 0.117. The van der Waals surface area contributed by atoms with Crippen LogP contribution in [0.3, 0.4) is 0 Å². The molecule has 1 aromatic rings. The van der Waals surface area contributed by atoms with Crippen molar-refractivity contribution in [1.29, 1.82) is 0 Å². The van der Waals surface area contributed by atoms with Crippen LogP contribution in [0.15, 0.2) is 28.7 Å². The Kier molecular flexibility index (Phi) is 4.84. The van der Waals surface area contributed by atoms with Crippen molar-refractivity contribution in [2.45, 2.75) is 51.5 Å². The lowest BCUT2D eigenvalue weighted by Crippen LogP contribution is -2.51. The molecular weight excluding hydrogens is 394 g/mol. The molecule has 5 heteroatoms. The fourth-order valence-electron chi connectivity index (χ4n) is 5.76. The average Bonchev–Trinajstić information content (AvgIpc) is 2.59. The quantitative estimate of drug-likeness (QED) is 0.720. The first-order chi connectivity index (χ1) is 12.4. The third-order valence-corrected chi connectivity index (χ3v) is 7.08. The van der Waals surface area contributed by atoms with E-state index in [2.05, 4.69) is 21.2 Å². The van der Waals surface area contributed by atoms with E-state index in [1.807, 2.05) is 31.2 Å². The Morgan fingerprint density at radius 2 is 1.65 bits per heavy atom. The van der Waals surface area contributed by atoms with Crippen LogP contribution in [-0.2, 0) is 14.3 Å². The van der Waals surface area contributed by atoms with Crippen molar-refractivity contribution >= 4 is 27.8 Å². The monoisotopic (exact) mass is 419 g/mol. The smallest absolute Gasteiger partial charge is 0.312 e. The van der Waals surface area contributed by atoms with E-state index >= 15 is 0 Å². The molecule has 4 bridgehead atoms. The van der Waals surface area contributed by atoms with Gasteiger partial charge >= 0.3 is 5.97 Å². The van der Waals surface area contributed by atoms with Gasteiger partial charge in [-0.2, -0.15) is 0 Å². The number of hydrogen-bond donors (Lipinski definition) is 1. The molecule has 4 aliphatic carbocycles. The first-order valence-electron chi connectivity index (χ1n) is 9.65. The second kappa shape index (κ2) is 6.99. The summed E-state index contributed by atoms with van der Waals surface area (Å²) in [6.07, 6.45) is 6.77. The van der Waals surface area contributed by atoms with E-state index in [1.54, 1.807) is 0 Å². The number of esters is 1. The highest BCUT2D eigenvalue weighted by Crippen LogP contribution is 2.60. The van der Waals surface area contributed by atoms with Gasteiger partial charge < -0.3 is 10.1 Å². The zero-order chi connectivity index (χ0) is 18.3. The number of ether oxygens (including phenoxy) is 1. The summed E-state index contributed by atoms with van der Waals surface area (Å²) >= 11 is 3.41. The zero-order valence-electron chi connectivity index (χ0n) is 15.2. The predicted molar refractivity (Wildman–Crippen MR) is 102 cm³/mol. The summed E-state index contributed by atoms with van der Waals surface area (Å²) in [5, 5.41) is 2.91. The Hall–Kier alpha value is -1.36. The van der Waals surface area contributed by atoms with Gasteiger partial charge in [0.1, 0.15) is 0 Å². The van der Waals surface area contributed by atoms with Gasteiger partial charge in [-0.15, -0.1) is 0 Å². The lowest BCUT2D eigenvalue weighted by atomic mass is 9.49. The highest BCUT2D eigenvalue weighted by atomic mass is 79.9. The van der Waals surface area contributed by atoms with Crippen molar-refractivity contribution < 1.29 is 14.3 Å². The van der Waals surface area contributed by atoms with Gasteiger partial charge in [0.15, 0.2) is 6.61 Å². The van der Waals surface area contributed by atoms with Crippen LogP contribution in [0.1, 0.15) is 57.1 Å². The second-order valence-electron chi connectivity index (χ2n) is 8.61. The standard InChI is InChI=1S/C21H26BrNO3/c1-13(17-2-4-18(22)5-3-17)23-19(24)12-26-20(25)21-9-14-6-15(10-21)8-16(7-14)11-21/h2-5,13-16H,6-12H2,1H3,(H,23,24)/t13-,14?,15?,16?,21?/m0/s1. The lowest BCUT2D eigenvalue weighted by Gasteiger charge is -2.55. The van der Waals surface area contributed by atoms with Gasteiger partial charge in [-0.05, 0) is 80.9 Å². The van der Waals surface area contributed by atoms with Crippen LogP contribution in [0.2, 0.25) is 0 Å². The third kappa shape index (κ3) is 3.55. The Morgan fingerprint density at radius 1 is 1.12 bits per heavy atom. The summed E-state index contributed by atoms with van der Waals surface area (Å²) in [5.41, 5.74) is 0.723. The van der Waals surface area contributed by atoms with Gasteiger partial charge in [-0.25, -0.2) is 0 Å². The van der Waals surface area contributed by atoms with Crippen LogP contribution < -0.4 is 5.32 Å². The molecule has 4 fully saturated rings. The molecule has 1 atom stereocenters. The number of carbonyl (C=O) groups excluding carboxylic acids is 2. The van der Waals surface area contributed by atoms with Gasteiger partial charge in [0.2, 0.25) is 0 Å². The van der Waals surface area contributed by atoms with E-state index < -0.39 is 0 Å². The van der Waals surface area contributed by atoms with Crippen LogP contribution in [0.5, 0.6) is 0 Å². The summed E-state index contributed by atoms with van der Waals surface area (Å²) < 4.78 is 6.49. The topological polar surface area (TPSA) is 55.4 Å². The van der Waals surface area contributed by atoms with Crippen molar-refractivity contribution in [2.24, 2.45) is 23.2 Å². The normalized spacial score (nSPS) is 32.9. The molecule has 1 amide bonds. The number of carbonyl (C=O) groups is 2. The Labute approximate surface area is 163 Å². The molecule has 0 saturated heterocycles. The highest BCUT2D eigenvalue weighted by molar-refractivity contribution is 9.10. The number of rotatable bonds is 5. The molecule has 140 valence electrons. The minimum atomic E-state index is -0.299. The maximum atomic E-state index is 12.8. The fourth-order valence-corrected chi connectivity index (χ4v) is 6.03. The first-order valence-corrected chi connectivity index (χ1v) is 10.4. The molecule has 4 nitrogen and oxygen atoms in total. The van der Waals surface area contributed by atoms with Crippen LogP contribution in [0, 0.1) is 23.2 Å². The largest absolute Gasteiger partial charge is 0.455 e. The number of halogens is 1. The Bertz CT molecular complexity index is 664. The van der Waals surface area contributed by atoms with Crippen LogP contribution in [0.4, 0.5) is 0 Å². The molecule has 1 N–H and O–H groups in total. The van der Waals surface area contributed by atoms with Crippen molar-refractivity contribution in [2.75, 3.05) is 6.61 Å². The molecule has 0 heterocycles. The van der Waals surface area contributed by atoms with E-state index in [0.717, 1.165) is 29.3 Å². The Morgan fingerprint density at radius 3 is 2.19 bits per heavy atom. The minimum Gasteiger partial charge on any atom is -0.455 e. The van der Waals surface area contributed by atoms with Crippen molar-refractivity contribution in [3.8, 4) is 0 Å². The van der Waals surface area contributed by atoms with E-state index in [1.165, 1.54) is 19.3 Å². The summed E-state index contributed by atoms with van der Waals surface area (Å²) in [6, 6.07) is 7.72. The van der Waals surface area contributed by atoms with Gasteiger partial charge in [0.05, 0.1) is 11.5 Å². The highest BCUT2D eigenvalue weighted by Gasteiger charge is 2.55. The summed E-state index contributed by atoms with van der Waals surface area (Å²) in [4.78, 5) is 25.0. The molecule has 26 heavy (non-hydrogen) atoms. The molecule has 4 saturated carbocycles. The zero-order valence-corrected chi connectivity index (χ0v) is 16.8. The molecule has 4 aliphatic rings. The molecule has 0 aromatic heterocycles. The van der Waals surface area contributed by atoms with Gasteiger partial charge in [0.25, 0.3) is 5.91 Å². The predicted octanol–water partition coefficient (Wildman–Crippen LogP) is 4.39. The molecule has 0 spiro atoms. The Balaban J connectivity index is 1.30. The molecule has 0 aliphatic heterocycles. The number of benzene rings is 1. The lowest BCUT2D eigenvalue weighted by molar-refractivity contribution is -0.173. The molecule has 0 radical (unpaired) electrons. The van der Waals surface area contributed by atoms with Gasteiger partial charge in [-0.3, -0.25) is 9.59 Å². The number of amides is 1. The van der Waals surface area contributed by atoms with E-state index in [0.29, 0.717) is 17.8 Å². The van der Waals surface area contributed by atoms with E-state index in [9.17, 15) is 9.59 Å². The van der Waals surface area contributed by atoms with Crippen molar-refractivity contribution in [1.82, 2.24) is 5.32 Å². The van der Waals surface area contributed by atoms with Crippen molar-refractivity contribution in [3.63, 3.8) is 0 Å². The number of nitrogens with one attached hydrogen (secondary N) is 1. The van der Waals surface area contributed by atoms with Crippen LogP contribution in [-0.4, -0.2) is 18.5 Å². The van der Waals surface area contributed by atoms with Crippen LogP contribution >= 0.6 is 15.9 Å². The summed E-state index contributed by atoms with van der Waals surface area (Å²) in [6.45, 7) is 1.75. The third-order valence-electron chi connectivity index (χ3n) is 6.55. The molecule has 0 unspecified atom stereocenters. The molecular formula is C21H26BrNO3. The maximum absolute atomic E-state index is 12.8. The van der Waals surface area contributed by atoms with Gasteiger partial charge in [0, 0.05) is 4.47 Å². The molecule has 1 aromatic carbocycles. The first kappa shape index (κ1) is 18.0. The second-order valence-corrected chi connectivity index (χ2v) is 9.53. The summed E-state index contributed by atoms with van der Waals surface area (Å²) in [7, 11) is 0. The molecule has 5 rings (SSSR count). The fraction of sp³-hybridized carbons (Fsp3) is 0.619. The van der Waals surface area contributed by atoms with Crippen molar-refractivity contribution in [3.05, 3.63) is 34.3 Å². The van der Waals surface area contributed by atoms with E-state index in [4.69, 9.17) is 4.74 Å². The van der Waals surface area contributed by atoms with E-state index in [-0.39, 0.29) is 29.9 Å². The summed E-state index contributed by atoms with van der Waals surface area (Å²) in [5.74, 6) is 1.71. The number of hydrogen-bond acceptors (Lipinski definition) is 3. The SMILES string of the molecule is C[C@H](NC(=O)COC(=O)C12CC3CC(CC(C3)C1)C2)c1ccc(Br)cc1.